The van der Waals surface area contributed by atoms with Crippen molar-refractivity contribution >= 4 is 56.1 Å². The summed E-state index contributed by atoms with van der Waals surface area (Å²) in [5, 5.41) is 5.28. The number of likely N-dealkylation sites (tertiary alicyclic amines) is 1. The number of aromatic nitrogens is 2. The summed E-state index contributed by atoms with van der Waals surface area (Å²) >= 11 is 0. The number of nitrogens with zero attached hydrogens (tertiary/aromatic N) is 3. The van der Waals surface area contributed by atoms with Gasteiger partial charge in [0.05, 0.1) is 4.75 Å². The number of benzene rings is 2. The Morgan fingerprint density at radius 2 is 1.35 bits per heavy atom. The summed E-state index contributed by atoms with van der Waals surface area (Å²) in [5.41, 5.74) is 10.7. The Bertz CT molecular complexity index is 1940. The van der Waals surface area contributed by atoms with Gasteiger partial charge < -0.3 is 36.5 Å². The first-order valence-corrected chi connectivity index (χ1v) is 18.0. The Hall–Kier alpha value is -5.32. The molecule has 0 unspecified atom stereocenters. The molecule has 52 heavy (non-hydrogen) atoms. The Morgan fingerprint density at radius 3 is 1.83 bits per heavy atom. The summed E-state index contributed by atoms with van der Waals surface area (Å²) < 4.78 is 46.1. The average Bonchev–Trinajstić information content (AvgIpc) is 3.05. The number of nitrogen functional groups attached to an aromatic ring is 2. The lowest BCUT2D eigenvalue weighted by Crippen LogP contribution is -2.50. The van der Waals surface area contributed by atoms with E-state index in [9.17, 15) is 32.3 Å². The molecule has 2 heterocycles. The van der Waals surface area contributed by atoms with Crippen LogP contribution in [0.1, 0.15) is 67.9 Å². The molecule has 2 aromatic carbocycles. The first-order chi connectivity index (χ1) is 24.1. The molecule has 0 atom stereocenters. The number of hydrogen-bond donors (Lipinski definition) is 4. The number of nitrogens with one attached hydrogen (secondary N) is 2. The van der Waals surface area contributed by atoms with Crippen LogP contribution in [0, 0.1) is 0 Å². The zero-order valence-corrected chi connectivity index (χ0v) is 30.1. The fraction of sp³-hybridized carbons (Fsp3) is 0.371. The highest BCUT2D eigenvalue weighted by molar-refractivity contribution is 8.29. The van der Waals surface area contributed by atoms with Gasteiger partial charge in [0.2, 0.25) is 5.91 Å². The van der Waals surface area contributed by atoms with E-state index in [4.69, 9.17) is 16.2 Å². The van der Waals surface area contributed by atoms with Crippen LogP contribution in [-0.4, -0.2) is 86.4 Å². The van der Waals surface area contributed by atoms with Crippen LogP contribution in [0.2, 0.25) is 0 Å². The van der Waals surface area contributed by atoms with E-state index in [-0.39, 0.29) is 66.5 Å². The summed E-state index contributed by atoms with van der Waals surface area (Å²) in [4.78, 5) is 61.9. The summed E-state index contributed by atoms with van der Waals surface area (Å²) in [6.07, 6.45) is -4.19. The third kappa shape index (κ3) is 9.31. The normalized spacial score (nSPS) is 14.6. The number of carbonyl (C=O) groups excluding carboxylic acids is 4. The van der Waals surface area contributed by atoms with Crippen molar-refractivity contribution in [1.82, 2.24) is 25.5 Å². The second kappa shape index (κ2) is 15.1. The Balaban J connectivity index is 1.34. The summed E-state index contributed by atoms with van der Waals surface area (Å²) in [6, 6.07) is 11.8. The molecule has 1 aliphatic rings. The molecule has 3 amide bonds. The van der Waals surface area contributed by atoms with Gasteiger partial charge in [0, 0.05) is 31.6 Å². The number of hydrogen-bond acceptors (Lipinski definition) is 10. The van der Waals surface area contributed by atoms with E-state index in [1.165, 1.54) is 19.1 Å². The van der Waals surface area contributed by atoms with Gasteiger partial charge >= 0.3 is 6.36 Å². The third-order valence-corrected chi connectivity index (χ3v) is 11.7. The van der Waals surface area contributed by atoms with E-state index >= 15 is 0 Å². The van der Waals surface area contributed by atoms with Gasteiger partial charge in [-0.15, -0.1) is 13.2 Å². The number of Topliss-reactive ketones (excluding diaryl/α,β-unsaturated/α-hetero) is 1. The average molecular weight is 746 g/mol. The molecule has 6 N–H and O–H groups in total. The topological polar surface area (TPSA) is 192 Å². The van der Waals surface area contributed by atoms with Crippen molar-refractivity contribution in [3.8, 4) is 17.2 Å². The summed E-state index contributed by atoms with van der Waals surface area (Å²) in [7, 11) is -2.25. The maximum atomic E-state index is 13.2. The van der Waals surface area contributed by atoms with Gasteiger partial charge in [0.25, 0.3) is 11.8 Å². The smallest absolute Gasteiger partial charge is 0.457 e. The third-order valence-electron chi connectivity index (χ3n) is 8.37. The van der Waals surface area contributed by atoms with Crippen LogP contribution in [0.4, 0.5) is 24.8 Å². The van der Waals surface area contributed by atoms with Crippen LogP contribution in [0.25, 0.3) is 0 Å². The van der Waals surface area contributed by atoms with Gasteiger partial charge in [0.15, 0.2) is 23.0 Å². The molecule has 1 fully saturated rings. The van der Waals surface area contributed by atoms with Crippen molar-refractivity contribution in [2.75, 3.05) is 31.1 Å². The molecule has 280 valence electrons. The molecule has 1 saturated heterocycles. The lowest BCUT2D eigenvalue weighted by atomic mass is 9.92. The van der Waals surface area contributed by atoms with Gasteiger partial charge in [0.1, 0.15) is 23.0 Å². The maximum absolute atomic E-state index is 13.2. The number of amides is 3. The van der Waals surface area contributed by atoms with Crippen molar-refractivity contribution in [3.05, 3.63) is 59.9 Å². The van der Waals surface area contributed by atoms with E-state index < -0.39 is 37.7 Å². The van der Waals surface area contributed by atoms with Gasteiger partial charge in [-0.05, 0) is 94.0 Å². The molecule has 13 nitrogen and oxygen atoms in total. The van der Waals surface area contributed by atoms with Crippen molar-refractivity contribution in [3.63, 3.8) is 0 Å². The molecule has 3 aromatic rings. The molecule has 17 heteroatoms. The number of alkyl halides is 3. The van der Waals surface area contributed by atoms with E-state index in [0.717, 1.165) is 17.0 Å². The molecule has 0 radical (unpaired) electrons. The van der Waals surface area contributed by atoms with Crippen LogP contribution in [0.15, 0.2) is 53.4 Å². The fourth-order valence-corrected chi connectivity index (χ4v) is 8.32. The molecule has 0 bridgehead atoms. The number of ketones is 1. The molecule has 0 saturated carbocycles. The number of ether oxygens (including phenoxy) is 2. The Morgan fingerprint density at radius 1 is 0.865 bits per heavy atom. The molecule has 0 spiro atoms. The largest absolute Gasteiger partial charge is 0.573 e. The minimum Gasteiger partial charge on any atom is -0.457 e. The second-order valence-electron chi connectivity index (χ2n) is 13.3. The van der Waals surface area contributed by atoms with E-state index in [1.54, 1.807) is 49.9 Å². The monoisotopic (exact) mass is 745 g/mol. The van der Waals surface area contributed by atoms with Crippen LogP contribution in [0.3, 0.4) is 0 Å². The summed E-state index contributed by atoms with van der Waals surface area (Å²) in [6.45, 7) is 7.33. The Labute approximate surface area is 299 Å². The SMILES string of the molecule is C=S(=C)(c1ccc(Oc2ccc(OC(F)(F)F)cc2)cc1)C1(C(C)=O)CCN(C(=O)CCNC(=O)c2nc(N)c(C(=O)NC(C)(C)C)nc2N)CC1. The van der Waals surface area contributed by atoms with Crippen molar-refractivity contribution in [1.29, 1.82) is 0 Å². The zero-order valence-electron chi connectivity index (χ0n) is 29.3. The molecular weight excluding hydrogens is 703 g/mol. The highest BCUT2D eigenvalue weighted by Crippen LogP contribution is 2.51. The lowest BCUT2D eigenvalue weighted by Gasteiger charge is -2.45. The predicted octanol–water partition coefficient (Wildman–Crippen LogP) is 4.66. The second-order valence-corrected chi connectivity index (χ2v) is 16.3. The number of carbonyl (C=O) groups is 4. The van der Waals surface area contributed by atoms with E-state index in [0.29, 0.717) is 24.3 Å². The fourth-order valence-electron chi connectivity index (χ4n) is 5.69. The zero-order chi connectivity index (χ0) is 38.6. The minimum absolute atomic E-state index is 0.0417. The van der Waals surface area contributed by atoms with Gasteiger partial charge in [-0.1, -0.05) is 11.7 Å². The number of halogens is 3. The Kier molecular flexibility index (Phi) is 11.5. The first kappa shape index (κ1) is 39.5. The minimum atomic E-state index is -4.80. The van der Waals surface area contributed by atoms with E-state index in [2.05, 4.69) is 37.1 Å². The van der Waals surface area contributed by atoms with Crippen molar-refractivity contribution in [2.24, 2.45) is 0 Å². The number of nitrogens with two attached hydrogens (primary N) is 2. The maximum Gasteiger partial charge on any atom is 0.573 e. The predicted molar refractivity (Wildman–Crippen MR) is 194 cm³/mol. The van der Waals surface area contributed by atoms with Crippen molar-refractivity contribution in [2.45, 2.75) is 68.5 Å². The number of rotatable bonds is 11. The van der Waals surface area contributed by atoms with E-state index in [1.807, 2.05) is 0 Å². The standard InChI is InChI=1S/C35H42F3N7O6S/c1-21(46)34(52(5,6)25-13-11-23(12-14-25)50-22-7-9-24(10-8-22)51-35(36,37)38)16-19-45(20-17-34)26(47)15-18-41-31(48)27-29(39)43-28(30(40)42-27)32(49)44-33(2,3)4/h7-14H,5-6,15-20H2,1-4H3,(H2,39,43)(H2,40,42)(H,41,48)(H,44,49). The van der Waals surface area contributed by atoms with Crippen LogP contribution >= 0.6 is 9.21 Å². The molecule has 1 aromatic heterocycles. The first-order valence-electron chi connectivity index (χ1n) is 16.1. The van der Waals surface area contributed by atoms with Gasteiger partial charge in [-0.3, -0.25) is 19.2 Å². The van der Waals surface area contributed by atoms with Crippen LogP contribution in [0.5, 0.6) is 17.2 Å². The quantitative estimate of drug-likeness (QED) is 0.201. The molecule has 4 rings (SSSR count). The highest BCUT2D eigenvalue weighted by Gasteiger charge is 2.44. The van der Waals surface area contributed by atoms with Gasteiger partial charge in [-0.2, -0.15) is 9.21 Å². The van der Waals surface area contributed by atoms with Crippen LogP contribution < -0.4 is 31.6 Å². The van der Waals surface area contributed by atoms with Crippen molar-refractivity contribution < 1.29 is 41.8 Å². The molecule has 1 aliphatic heterocycles. The lowest BCUT2D eigenvalue weighted by molar-refractivity contribution is -0.274. The van der Waals surface area contributed by atoms with Gasteiger partial charge in [-0.25, -0.2) is 9.97 Å². The van der Waals surface area contributed by atoms with Crippen LogP contribution in [-0.2, 0) is 9.59 Å². The summed E-state index contributed by atoms with van der Waals surface area (Å²) in [5.74, 6) is 6.97. The number of piperidine rings is 1. The number of anilines is 2. The molecule has 0 aliphatic carbocycles. The highest BCUT2D eigenvalue weighted by atomic mass is 32.2. The molecular formula is C35H42F3N7O6S.